The molecule has 4 heteroatoms. The van der Waals surface area contributed by atoms with Gasteiger partial charge in [0.2, 0.25) is 0 Å². The van der Waals surface area contributed by atoms with Crippen molar-refractivity contribution in [3.63, 3.8) is 0 Å². The van der Waals surface area contributed by atoms with Gasteiger partial charge in [0.05, 0.1) is 30.1 Å². The predicted octanol–water partition coefficient (Wildman–Crippen LogP) is 3.45. The van der Waals surface area contributed by atoms with Crippen molar-refractivity contribution in [3.8, 4) is 0 Å². The fourth-order valence-electron chi connectivity index (χ4n) is 1.86. The lowest BCUT2D eigenvalue weighted by Crippen LogP contribution is -2.22. The second-order valence-electron chi connectivity index (χ2n) is 4.04. The molecule has 1 N–H and O–H groups in total. The van der Waals surface area contributed by atoms with E-state index in [0.717, 1.165) is 23.6 Å². The normalized spacial score (nSPS) is 10.6. The van der Waals surface area contributed by atoms with E-state index < -0.39 is 0 Å². The van der Waals surface area contributed by atoms with E-state index in [1.807, 2.05) is 24.3 Å². The van der Waals surface area contributed by atoms with E-state index in [1.165, 1.54) is 0 Å². The summed E-state index contributed by atoms with van der Waals surface area (Å²) in [5.41, 5.74) is 1.77. The van der Waals surface area contributed by atoms with Crippen LogP contribution in [0.3, 0.4) is 0 Å². The summed E-state index contributed by atoms with van der Waals surface area (Å²) in [7, 11) is 0. The summed E-state index contributed by atoms with van der Waals surface area (Å²) in [5, 5.41) is 9.72. The van der Waals surface area contributed by atoms with Gasteiger partial charge in [-0.15, -0.1) is 0 Å². The summed E-state index contributed by atoms with van der Waals surface area (Å²) in [5.74, 6) is 0.902. The van der Waals surface area contributed by atoms with Gasteiger partial charge in [-0.3, -0.25) is 0 Å². The maximum atomic E-state index is 9.07. The molecule has 0 unspecified atom stereocenters. The van der Waals surface area contributed by atoms with Crippen LogP contribution < -0.4 is 4.90 Å². The first kappa shape index (κ1) is 13.0. The molecule has 0 aliphatic rings. The molecule has 0 saturated heterocycles. The minimum Gasteiger partial charge on any atom is -0.467 e. The van der Waals surface area contributed by atoms with Crippen molar-refractivity contribution >= 4 is 17.3 Å². The third-order valence-corrected chi connectivity index (χ3v) is 3.15. The van der Waals surface area contributed by atoms with Crippen molar-refractivity contribution in [2.45, 2.75) is 20.1 Å². The van der Waals surface area contributed by atoms with Crippen LogP contribution in [0.4, 0.5) is 5.69 Å². The van der Waals surface area contributed by atoms with Gasteiger partial charge in [-0.25, -0.2) is 0 Å². The first-order chi connectivity index (χ1) is 8.74. The number of aliphatic hydroxyl groups excluding tert-OH is 1. The zero-order valence-electron chi connectivity index (χ0n) is 10.3. The number of benzene rings is 1. The summed E-state index contributed by atoms with van der Waals surface area (Å²) in [4.78, 5) is 2.13. The van der Waals surface area contributed by atoms with Crippen molar-refractivity contribution in [3.05, 3.63) is 52.9 Å². The largest absolute Gasteiger partial charge is 0.467 e. The number of hydrogen-bond donors (Lipinski definition) is 1. The van der Waals surface area contributed by atoms with E-state index in [-0.39, 0.29) is 6.61 Å². The van der Waals surface area contributed by atoms with E-state index in [2.05, 4.69) is 11.8 Å². The van der Waals surface area contributed by atoms with E-state index in [1.54, 1.807) is 12.3 Å². The van der Waals surface area contributed by atoms with Crippen LogP contribution in [0.1, 0.15) is 18.2 Å². The molecule has 0 aliphatic heterocycles. The Kier molecular flexibility index (Phi) is 4.28. The highest BCUT2D eigenvalue weighted by Gasteiger charge is 2.11. The molecule has 0 radical (unpaired) electrons. The van der Waals surface area contributed by atoms with Crippen LogP contribution in [0.2, 0.25) is 5.02 Å². The smallest absolute Gasteiger partial charge is 0.123 e. The standard InChI is InChI=1S/C14H16ClNO2/c1-2-16(9-12-4-3-7-18-12)14-6-5-11(10-17)8-13(14)15/h3-8,17H,2,9-10H2,1H3. The molecule has 1 aromatic carbocycles. The molecular formula is C14H16ClNO2. The first-order valence-electron chi connectivity index (χ1n) is 5.91. The van der Waals surface area contributed by atoms with Crippen LogP contribution in [0.15, 0.2) is 41.0 Å². The van der Waals surface area contributed by atoms with Gasteiger partial charge in [-0.1, -0.05) is 17.7 Å². The molecule has 0 bridgehead atoms. The minimum atomic E-state index is 0.00427. The van der Waals surface area contributed by atoms with Crippen LogP contribution >= 0.6 is 11.6 Å². The molecule has 2 aromatic rings. The Balaban J connectivity index is 2.22. The van der Waals surface area contributed by atoms with Crippen LogP contribution in [0.5, 0.6) is 0 Å². The van der Waals surface area contributed by atoms with Gasteiger partial charge in [0.15, 0.2) is 0 Å². The topological polar surface area (TPSA) is 36.6 Å². The highest BCUT2D eigenvalue weighted by atomic mass is 35.5. The molecule has 2 rings (SSSR count). The van der Waals surface area contributed by atoms with Gasteiger partial charge in [-0.05, 0) is 36.8 Å². The third-order valence-electron chi connectivity index (χ3n) is 2.84. The van der Waals surface area contributed by atoms with Gasteiger partial charge in [0, 0.05) is 6.54 Å². The fraction of sp³-hybridized carbons (Fsp3) is 0.286. The van der Waals surface area contributed by atoms with Crippen molar-refractivity contribution in [2.24, 2.45) is 0 Å². The Labute approximate surface area is 112 Å². The fourth-order valence-corrected chi connectivity index (χ4v) is 2.19. The number of halogens is 1. The second kappa shape index (κ2) is 5.94. The summed E-state index contributed by atoms with van der Waals surface area (Å²) in [6.07, 6.45) is 1.67. The number of anilines is 1. The van der Waals surface area contributed by atoms with Gasteiger partial charge in [-0.2, -0.15) is 0 Å². The molecule has 0 aliphatic carbocycles. The zero-order valence-corrected chi connectivity index (χ0v) is 11.0. The highest BCUT2D eigenvalue weighted by Crippen LogP contribution is 2.28. The number of rotatable bonds is 5. The monoisotopic (exact) mass is 265 g/mol. The Morgan fingerprint density at radius 1 is 1.33 bits per heavy atom. The molecule has 0 atom stereocenters. The van der Waals surface area contributed by atoms with Crippen LogP contribution in [-0.2, 0) is 13.2 Å². The molecule has 96 valence electrons. The van der Waals surface area contributed by atoms with Crippen LogP contribution in [-0.4, -0.2) is 11.7 Å². The molecule has 0 amide bonds. The molecule has 0 fully saturated rings. The summed E-state index contributed by atoms with van der Waals surface area (Å²) in [6.45, 7) is 3.59. The maximum absolute atomic E-state index is 9.07. The van der Waals surface area contributed by atoms with Crippen molar-refractivity contribution in [1.82, 2.24) is 0 Å². The highest BCUT2D eigenvalue weighted by molar-refractivity contribution is 6.33. The van der Waals surface area contributed by atoms with Gasteiger partial charge in [0.25, 0.3) is 0 Å². The Hall–Kier alpha value is -1.45. The number of hydrogen-bond acceptors (Lipinski definition) is 3. The average molecular weight is 266 g/mol. The Morgan fingerprint density at radius 3 is 2.72 bits per heavy atom. The average Bonchev–Trinajstić information content (AvgIpc) is 2.89. The number of nitrogens with zero attached hydrogens (tertiary/aromatic N) is 1. The molecule has 1 heterocycles. The van der Waals surface area contributed by atoms with Gasteiger partial charge < -0.3 is 14.4 Å². The van der Waals surface area contributed by atoms with Gasteiger partial charge in [0.1, 0.15) is 5.76 Å². The van der Waals surface area contributed by atoms with Crippen LogP contribution in [0.25, 0.3) is 0 Å². The molecule has 0 saturated carbocycles. The molecule has 3 nitrogen and oxygen atoms in total. The van der Waals surface area contributed by atoms with E-state index in [9.17, 15) is 0 Å². The lowest BCUT2D eigenvalue weighted by molar-refractivity contribution is 0.282. The minimum absolute atomic E-state index is 0.00427. The summed E-state index contributed by atoms with van der Waals surface area (Å²) >= 11 is 6.24. The van der Waals surface area contributed by atoms with E-state index in [0.29, 0.717) is 11.6 Å². The van der Waals surface area contributed by atoms with Crippen molar-refractivity contribution in [2.75, 3.05) is 11.4 Å². The zero-order chi connectivity index (χ0) is 13.0. The Bertz CT molecular complexity index is 497. The predicted molar refractivity (Wildman–Crippen MR) is 72.8 cm³/mol. The third kappa shape index (κ3) is 2.86. The molecule has 18 heavy (non-hydrogen) atoms. The van der Waals surface area contributed by atoms with E-state index in [4.69, 9.17) is 21.1 Å². The van der Waals surface area contributed by atoms with Crippen molar-refractivity contribution in [1.29, 1.82) is 0 Å². The number of aliphatic hydroxyl groups is 1. The molecule has 1 aromatic heterocycles. The maximum Gasteiger partial charge on any atom is 0.123 e. The first-order valence-corrected chi connectivity index (χ1v) is 6.29. The quantitative estimate of drug-likeness (QED) is 0.900. The summed E-state index contributed by atoms with van der Waals surface area (Å²) in [6, 6.07) is 9.42. The van der Waals surface area contributed by atoms with Crippen molar-refractivity contribution < 1.29 is 9.52 Å². The number of furan rings is 1. The SMILES string of the molecule is CCN(Cc1ccco1)c1ccc(CO)cc1Cl. The molecular weight excluding hydrogens is 250 g/mol. The molecule has 0 spiro atoms. The second-order valence-corrected chi connectivity index (χ2v) is 4.44. The van der Waals surface area contributed by atoms with E-state index >= 15 is 0 Å². The lowest BCUT2D eigenvalue weighted by Gasteiger charge is -2.23. The lowest BCUT2D eigenvalue weighted by atomic mass is 10.2. The van der Waals surface area contributed by atoms with Crippen LogP contribution in [0, 0.1) is 0 Å². The summed E-state index contributed by atoms with van der Waals surface area (Å²) < 4.78 is 5.35. The van der Waals surface area contributed by atoms with Gasteiger partial charge >= 0.3 is 0 Å². The Morgan fingerprint density at radius 2 is 2.17 bits per heavy atom.